The van der Waals surface area contributed by atoms with Crippen molar-refractivity contribution < 1.29 is 24.9 Å². The first-order chi connectivity index (χ1) is 10.4. The number of nitrogens with one attached hydrogen (secondary N) is 1. The molecular weight excluding hydrogens is 286 g/mol. The van der Waals surface area contributed by atoms with E-state index >= 15 is 0 Å². The summed E-state index contributed by atoms with van der Waals surface area (Å²) in [4.78, 5) is 21.2. The number of benzene rings is 1. The largest absolute Gasteiger partial charge is 0.481 e. The maximum atomic E-state index is 10.7. The molecule has 0 aliphatic rings. The van der Waals surface area contributed by atoms with Crippen LogP contribution >= 0.6 is 0 Å². The standard InChI is InChI=1S/C16H23NO5/c1-11(18)17-10-9-14(19)16(22)13-7-5-12(6-8-13)3-2-4-15(20)21/h5-8,14,16,19,22H,2-4,9-10H2,1H3,(H,17,18)(H,20,21). The van der Waals surface area contributed by atoms with Crippen LogP contribution in [0.5, 0.6) is 0 Å². The van der Waals surface area contributed by atoms with Gasteiger partial charge in [-0.1, -0.05) is 24.3 Å². The Balaban J connectivity index is 2.46. The van der Waals surface area contributed by atoms with Gasteiger partial charge in [-0.25, -0.2) is 0 Å². The lowest BCUT2D eigenvalue weighted by molar-refractivity contribution is -0.137. The molecule has 0 heterocycles. The van der Waals surface area contributed by atoms with Crippen molar-refractivity contribution in [1.29, 1.82) is 0 Å². The zero-order chi connectivity index (χ0) is 16.5. The van der Waals surface area contributed by atoms with Crippen LogP contribution in [0.1, 0.15) is 43.4 Å². The van der Waals surface area contributed by atoms with Crippen molar-refractivity contribution in [3.63, 3.8) is 0 Å². The number of carboxylic acid groups (broad SMARTS) is 1. The van der Waals surface area contributed by atoms with E-state index in [0.717, 1.165) is 5.56 Å². The van der Waals surface area contributed by atoms with Crippen LogP contribution in [0.15, 0.2) is 24.3 Å². The highest BCUT2D eigenvalue weighted by molar-refractivity contribution is 5.72. The Hall–Kier alpha value is -1.92. The molecule has 1 amide bonds. The highest BCUT2D eigenvalue weighted by Gasteiger charge is 2.18. The van der Waals surface area contributed by atoms with Crippen molar-refractivity contribution in [3.05, 3.63) is 35.4 Å². The predicted molar refractivity (Wildman–Crippen MR) is 81.3 cm³/mol. The number of aliphatic hydroxyl groups excluding tert-OH is 2. The van der Waals surface area contributed by atoms with Crippen molar-refractivity contribution in [2.75, 3.05) is 6.54 Å². The molecule has 0 fully saturated rings. The second-order valence-electron chi connectivity index (χ2n) is 5.27. The Kier molecular flexibility index (Phi) is 7.56. The van der Waals surface area contributed by atoms with Crippen molar-refractivity contribution >= 4 is 11.9 Å². The maximum Gasteiger partial charge on any atom is 0.303 e. The molecular formula is C16H23NO5. The summed E-state index contributed by atoms with van der Waals surface area (Å²) in [5.74, 6) is -0.985. The van der Waals surface area contributed by atoms with E-state index in [1.807, 2.05) is 12.1 Å². The first-order valence-corrected chi connectivity index (χ1v) is 7.31. The van der Waals surface area contributed by atoms with Crippen LogP contribution in [0.4, 0.5) is 0 Å². The molecule has 2 atom stereocenters. The van der Waals surface area contributed by atoms with E-state index in [1.165, 1.54) is 6.92 Å². The van der Waals surface area contributed by atoms with Crippen molar-refractivity contribution in [1.82, 2.24) is 5.32 Å². The van der Waals surface area contributed by atoms with E-state index in [0.29, 0.717) is 24.9 Å². The Morgan fingerprint density at radius 3 is 2.36 bits per heavy atom. The number of aliphatic hydroxyl groups is 2. The molecule has 0 saturated heterocycles. The lowest BCUT2D eigenvalue weighted by Gasteiger charge is -2.18. The minimum absolute atomic E-state index is 0.131. The number of hydrogen-bond acceptors (Lipinski definition) is 4. The first-order valence-electron chi connectivity index (χ1n) is 7.31. The normalized spacial score (nSPS) is 13.4. The molecule has 1 rings (SSSR count). The van der Waals surface area contributed by atoms with Gasteiger partial charge >= 0.3 is 5.97 Å². The maximum absolute atomic E-state index is 10.7. The molecule has 0 aliphatic heterocycles. The van der Waals surface area contributed by atoms with E-state index < -0.39 is 18.2 Å². The Labute approximate surface area is 129 Å². The summed E-state index contributed by atoms with van der Waals surface area (Å²) in [6.07, 6.45) is -0.343. The lowest BCUT2D eigenvalue weighted by Crippen LogP contribution is -2.27. The van der Waals surface area contributed by atoms with Crippen molar-refractivity contribution in [2.45, 2.75) is 44.8 Å². The number of carbonyl (C=O) groups is 2. The van der Waals surface area contributed by atoms with E-state index in [-0.39, 0.29) is 18.7 Å². The molecule has 6 nitrogen and oxygen atoms in total. The van der Waals surface area contributed by atoms with Gasteiger partial charge in [0.2, 0.25) is 5.91 Å². The van der Waals surface area contributed by atoms with Crippen LogP contribution < -0.4 is 5.32 Å². The zero-order valence-corrected chi connectivity index (χ0v) is 12.7. The minimum Gasteiger partial charge on any atom is -0.481 e. The number of rotatable bonds is 9. The van der Waals surface area contributed by atoms with Crippen LogP contribution in [0.25, 0.3) is 0 Å². The van der Waals surface area contributed by atoms with Gasteiger partial charge in [0.15, 0.2) is 0 Å². The van der Waals surface area contributed by atoms with Crippen molar-refractivity contribution in [3.8, 4) is 0 Å². The third kappa shape index (κ3) is 6.69. The summed E-state index contributed by atoms with van der Waals surface area (Å²) in [6, 6.07) is 7.09. The van der Waals surface area contributed by atoms with Gasteiger partial charge in [-0.3, -0.25) is 9.59 Å². The summed E-state index contributed by atoms with van der Waals surface area (Å²) in [6.45, 7) is 1.70. The summed E-state index contributed by atoms with van der Waals surface area (Å²) >= 11 is 0. The fraction of sp³-hybridized carbons (Fsp3) is 0.500. The Bertz CT molecular complexity index is 486. The number of carboxylic acids is 1. The van der Waals surface area contributed by atoms with Gasteiger partial charge in [0.25, 0.3) is 0 Å². The summed E-state index contributed by atoms with van der Waals surface area (Å²) < 4.78 is 0. The number of carbonyl (C=O) groups excluding carboxylic acids is 1. The average molecular weight is 309 g/mol. The molecule has 0 spiro atoms. The molecule has 4 N–H and O–H groups in total. The quantitative estimate of drug-likeness (QED) is 0.545. The monoisotopic (exact) mass is 309 g/mol. The Morgan fingerprint density at radius 1 is 1.18 bits per heavy atom. The van der Waals surface area contributed by atoms with Gasteiger partial charge < -0.3 is 20.6 Å². The fourth-order valence-electron chi connectivity index (χ4n) is 2.10. The molecule has 6 heteroatoms. The van der Waals surface area contributed by atoms with Crippen LogP contribution in [0, 0.1) is 0 Å². The number of hydrogen-bond donors (Lipinski definition) is 4. The topological polar surface area (TPSA) is 107 Å². The number of aryl methyl sites for hydroxylation is 1. The number of amides is 1. The van der Waals surface area contributed by atoms with Gasteiger partial charge in [-0.15, -0.1) is 0 Å². The third-order valence-corrected chi connectivity index (χ3v) is 3.36. The van der Waals surface area contributed by atoms with Gasteiger partial charge in [0.1, 0.15) is 6.10 Å². The summed E-state index contributed by atoms with van der Waals surface area (Å²) in [7, 11) is 0. The first kappa shape index (κ1) is 18.1. The zero-order valence-electron chi connectivity index (χ0n) is 12.7. The van der Waals surface area contributed by atoms with Gasteiger partial charge in [-0.2, -0.15) is 0 Å². The van der Waals surface area contributed by atoms with E-state index in [4.69, 9.17) is 5.11 Å². The predicted octanol–water partition coefficient (Wildman–Crippen LogP) is 1.01. The van der Waals surface area contributed by atoms with Gasteiger partial charge in [0, 0.05) is 19.9 Å². The lowest BCUT2D eigenvalue weighted by atomic mass is 9.99. The molecule has 0 saturated carbocycles. The molecule has 2 unspecified atom stereocenters. The molecule has 0 bridgehead atoms. The fourth-order valence-corrected chi connectivity index (χ4v) is 2.10. The summed E-state index contributed by atoms with van der Waals surface area (Å²) in [5.41, 5.74) is 1.59. The smallest absolute Gasteiger partial charge is 0.303 e. The van der Waals surface area contributed by atoms with Crippen molar-refractivity contribution in [2.24, 2.45) is 0 Å². The summed E-state index contributed by atoms with van der Waals surface area (Å²) in [5, 5.41) is 31.1. The molecule has 1 aromatic carbocycles. The third-order valence-electron chi connectivity index (χ3n) is 3.36. The highest BCUT2D eigenvalue weighted by atomic mass is 16.4. The molecule has 0 radical (unpaired) electrons. The Morgan fingerprint density at radius 2 is 1.82 bits per heavy atom. The molecule has 0 aromatic heterocycles. The molecule has 1 aromatic rings. The van der Waals surface area contributed by atoms with Crippen LogP contribution in [0.3, 0.4) is 0 Å². The van der Waals surface area contributed by atoms with Crippen LogP contribution in [-0.2, 0) is 16.0 Å². The highest BCUT2D eigenvalue weighted by Crippen LogP contribution is 2.20. The minimum atomic E-state index is -1.01. The molecule has 122 valence electrons. The SMILES string of the molecule is CC(=O)NCCC(O)C(O)c1ccc(CCCC(=O)O)cc1. The average Bonchev–Trinajstić information content (AvgIpc) is 2.46. The van der Waals surface area contributed by atoms with E-state index in [9.17, 15) is 19.8 Å². The second-order valence-corrected chi connectivity index (χ2v) is 5.27. The molecule has 0 aliphatic carbocycles. The second kappa shape index (κ2) is 9.17. The number of aliphatic carboxylic acids is 1. The van der Waals surface area contributed by atoms with E-state index in [2.05, 4.69) is 5.32 Å². The van der Waals surface area contributed by atoms with Gasteiger partial charge in [-0.05, 0) is 30.4 Å². The molecule has 22 heavy (non-hydrogen) atoms. The van der Waals surface area contributed by atoms with Crippen LogP contribution in [-0.4, -0.2) is 39.8 Å². The van der Waals surface area contributed by atoms with E-state index in [1.54, 1.807) is 12.1 Å². The van der Waals surface area contributed by atoms with Crippen LogP contribution in [0.2, 0.25) is 0 Å². The van der Waals surface area contributed by atoms with Gasteiger partial charge in [0.05, 0.1) is 6.10 Å².